The fourth-order valence-corrected chi connectivity index (χ4v) is 2.40. The highest BCUT2D eigenvalue weighted by Crippen LogP contribution is 2.30. The number of hydrogen-bond donors (Lipinski definition) is 1. The van der Waals surface area contributed by atoms with E-state index in [9.17, 15) is 0 Å². The van der Waals surface area contributed by atoms with Crippen LogP contribution in [0.5, 0.6) is 0 Å². The third-order valence-electron chi connectivity index (χ3n) is 3.38. The molecule has 1 unspecified atom stereocenters. The van der Waals surface area contributed by atoms with Gasteiger partial charge in [-0.25, -0.2) is 0 Å². The monoisotopic (exact) mass is 271 g/mol. The summed E-state index contributed by atoms with van der Waals surface area (Å²) in [5, 5.41) is 2.83. The molecular weight excluding hydrogens is 258 g/mol. The van der Waals surface area contributed by atoms with Gasteiger partial charge in [-0.3, -0.25) is 0 Å². The molecule has 0 fully saturated rings. The fourth-order valence-electron chi connectivity index (χ4n) is 2.21. The first-order valence-electron chi connectivity index (χ1n) is 6.14. The molecule has 0 radical (unpaired) electrons. The minimum Gasteiger partial charge on any atom is -0.466 e. The van der Waals surface area contributed by atoms with E-state index in [0.29, 0.717) is 0 Å². The van der Waals surface area contributed by atoms with E-state index in [0.717, 1.165) is 32.7 Å². The molecule has 0 amide bonds. The Bertz CT molecular complexity index is 732. The Morgan fingerprint density at radius 1 is 1.16 bits per heavy atom. The summed E-state index contributed by atoms with van der Waals surface area (Å²) in [5.74, 6) is 0.774. The van der Waals surface area contributed by atoms with E-state index in [-0.39, 0.29) is 6.04 Å². The Morgan fingerprint density at radius 3 is 2.74 bits per heavy atom. The summed E-state index contributed by atoms with van der Waals surface area (Å²) in [6.45, 7) is 1.97. The standard InChI is InChI=1S/C16H14ClNO/c1-10-6-7-11(8-14(10)17)15(18)16-13-5-3-2-4-12(13)9-19-16/h2-9,15H,18H2,1H3. The average molecular weight is 272 g/mol. The highest BCUT2D eigenvalue weighted by atomic mass is 35.5. The molecular formula is C16H14ClNO. The van der Waals surface area contributed by atoms with Crippen LogP contribution in [0.1, 0.15) is 22.9 Å². The van der Waals surface area contributed by atoms with Crippen LogP contribution in [0.2, 0.25) is 5.02 Å². The number of fused-ring (bicyclic) bond motifs is 1. The van der Waals surface area contributed by atoms with Crippen LogP contribution in [0.4, 0.5) is 0 Å². The first-order valence-corrected chi connectivity index (χ1v) is 6.52. The third-order valence-corrected chi connectivity index (χ3v) is 3.78. The maximum absolute atomic E-state index is 6.29. The van der Waals surface area contributed by atoms with Crippen molar-refractivity contribution in [3.63, 3.8) is 0 Å². The number of aryl methyl sites for hydroxylation is 1. The van der Waals surface area contributed by atoms with E-state index >= 15 is 0 Å². The molecule has 3 aromatic rings. The highest BCUT2D eigenvalue weighted by Gasteiger charge is 2.16. The van der Waals surface area contributed by atoms with Crippen LogP contribution in [0.25, 0.3) is 10.8 Å². The van der Waals surface area contributed by atoms with Crippen LogP contribution in [0.3, 0.4) is 0 Å². The zero-order chi connectivity index (χ0) is 13.4. The molecule has 0 aliphatic carbocycles. The molecule has 2 N–H and O–H groups in total. The Balaban J connectivity index is 2.08. The lowest BCUT2D eigenvalue weighted by atomic mass is 10.0. The van der Waals surface area contributed by atoms with Crippen molar-refractivity contribution in [3.8, 4) is 0 Å². The first-order chi connectivity index (χ1) is 9.16. The molecule has 0 saturated heterocycles. The zero-order valence-corrected chi connectivity index (χ0v) is 11.3. The molecule has 2 nitrogen and oxygen atoms in total. The number of rotatable bonds is 2. The lowest BCUT2D eigenvalue weighted by Gasteiger charge is -2.11. The summed E-state index contributed by atoms with van der Waals surface area (Å²) in [5.41, 5.74) is 8.29. The van der Waals surface area contributed by atoms with Crippen LogP contribution < -0.4 is 5.73 Å². The number of hydrogen-bond acceptors (Lipinski definition) is 2. The van der Waals surface area contributed by atoms with Gasteiger partial charge in [-0.05, 0) is 24.1 Å². The SMILES string of the molecule is Cc1ccc(C(N)c2occ3ccccc23)cc1Cl. The molecule has 3 rings (SSSR count). The average Bonchev–Trinajstić information content (AvgIpc) is 2.85. The van der Waals surface area contributed by atoms with Gasteiger partial charge in [0.1, 0.15) is 5.76 Å². The highest BCUT2D eigenvalue weighted by molar-refractivity contribution is 6.31. The van der Waals surface area contributed by atoms with Crippen molar-refractivity contribution in [2.24, 2.45) is 5.73 Å². The largest absolute Gasteiger partial charge is 0.466 e. The lowest BCUT2D eigenvalue weighted by Crippen LogP contribution is -2.11. The summed E-state index contributed by atoms with van der Waals surface area (Å²) >= 11 is 6.15. The second-order valence-corrected chi connectivity index (χ2v) is 5.08. The van der Waals surface area contributed by atoms with Gasteiger partial charge in [0.15, 0.2) is 0 Å². The Morgan fingerprint density at radius 2 is 1.95 bits per heavy atom. The van der Waals surface area contributed by atoms with Gasteiger partial charge in [0.05, 0.1) is 12.3 Å². The quantitative estimate of drug-likeness (QED) is 0.748. The van der Waals surface area contributed by atoms with Gasteiger partial charge in [-0.15, -0.1) is 0 Å². The van der Waals surface area contributed by atoms with Crippen molar-refractivity contribution in [2.75, 3.05) is 0 Å². The van der Waals surface area contributed by atoms with Crippen LogP contribution in [0.15, 0.2) is 53.1 Å². The van der Waals surface area contributed by atoms with Crippen molar-refractivity contribution < 1.29 is 4.42 Å². The van der Waals surface area contributed by atoms with Gasteiger partial charge in [-0.1, -0.05) is 48.0 Å². The molecule has 19 heavy (non-hydrogen) atoms. The summed E-state index contributed by atoms with van der Waals surface area (Å²) in [7, 11) is 0. The van der Waals surface area contributed by atoms with Gasteiger partial charge in [0, 0.05) is 15.8 Å². The summed E-state index contributed by atoms with van der Waals surface area (Å²) in [4.78, 5) is 0. The summed E-state index contributed by atoms with van der Waals surface area (Å²) in [6, 6.07) is 13.6. The second-order valence-electron chi connectivity index (χ2n) is 4.67. The molecule has 0 bridgehead atoms. The van der Waals surface area contributed by atoms with Gasteiger partial charge in [0.25, 0.3) is 0 Å². The third kappa shape index (κ3) is 2.14. The Labute approximate surface area is 116 Å². The van der Waals surface area contributed by atoms with Crippen molar-refractivity contribution in [2.45, 2.75) is 13.0 Å². The summed E-state index contributed by atoms with van der Waals surface area (Å²) in [6.07, 6.45) is 1.74. The topological polar surface area (TPSA) is 39.2 Å². The van der Waals surface area contributed by atoms with Gasteiger partial charge in [0.2, 0.25) is 0 Å². The van der Waals surface area contributed by atoms with E-state index < -0.39 is 0 Å². The molecule has 1 aromatic heterocycles. The predicted octanol–water partition coefficient (Wildman–Crippen LogP) is 4.44. The lowest BCUT2D eigenvalue weighted by molar-refractivity contribution is 0.495. The molecule has 2 aromatic carbocycles. The van der Waals surface area contributed by atoms with E-state index in [4.69, 9.17) is 21.8 Å². The van der Waals surface area contributed by atoms with Gasteiger partial charge < -0.3 is 10.2 Å². The number of halogens is 1. The van der Waals surface area contributed by atoms with Gasteiger partial charge >= 0.3 is 0 Å². The van der Waals surface area contributed by atoms with Crippen molar-refractivity contribution in [1.82, 2.24) is 0 Å². The minimum atomic E-state index is -0.307. The molecule has 0 aliphatic rings. The van der Waals surface area contributed by atoms with Crippen LogP contribution >= 0.6 is 11.6 Å². The molecule has 96 valence electrons. The number of nitrogens with two attached hydrogens (primary N) is 1. The molecule has 1 atom stereocenters. The fraction of sp³-hybridized carbons (Fsp3) is 0.125. The van der Waals surface area contributed by atoms with E-state index in [1.807, 2.05) is 49.4 Å². The van der Waals surface area contributed by atoms with Crippen LogP contribution in [-0.4, -0.2) is 0 Å². The minimum absolute atomic E-state index is 0.307. The second kappa shape index (κ2) is 4.72. The van der Waals surface area contributed by atoms with Crippen molar-refractivity contribution in [3.05, 3.63) is 70.6 Å². The molecule has 0 saturated carbocycles. The Hall–Kier alpha value is -1.77. The van der Waals surface area contributed by atoms with E-state index in [1.54, 1.807) is 6.26 Å². The molecule has 3 heteroatoms. The summed E-state index contributed by atoms with van der Waals surface area (Å²) < 4.78 is 5.63. The Kier molecular flexibility index (Phi) is 3.05. The first kappa shape index (κ1) is 12.3. The predicted molar refractivity (Wildman–Crippen MR) is 78.4 cm³/mol. The smallest absolute Gasteiger partial charge is 0.132 e. The maximum Gasteiger partial charge on any atom is 0.132 e. The number of furan rings is 1. The van der Waals surface area contributed by atoms with Crippen molar-refractivity contribution in [1.29, 1.82) is 0 Å². The van der Waals surface area contributed by atoms with Crippen molar-refractivity contribution >= 4 is 22.4 Å². The molecule has 0 spiro atoms. The van der Waals surface area contributed by atoms with E-state index in [1.165, 1.54) is 0 Å². The van der Waals surface area contributed by atoms with Crippen LogP contribution in [-0.2, 0) is 0 Å². The molecule has 1 heterocycles. The number of benzene rings is 2. The molecule has 0 aliphatic heterocycles. The maximum atomic E-state index is 6.29. The van der Waals surface area contributed by atoms with E-state index in [2.05, 4.69) is 0 Å². The zero-order valence-electron chi connectivity index (χ0n) is 10.6. The van der Waals surface area contributed by atoms with Crippen LogP contribution in [0, 0.1) is 6.92 Å². The normalized spacial score (nSPS) is 12.8. The van der Waals surface area contributed by atoms with Gasteiger partial charge in [-0.2, -0.15) is 0 Å².